The summed E-state index contributed by atoms with van der Waals surface area (Å²) in [6.07, 6.45) is 5.27. The maximum Gasteiger partial charge on any atom is 0.251 e. The van der Waals surface area contributed by atoms with Crippen molar-refractivity contribution in [1.82, 2.24) is 4.40 Å². The number of hydrogen-bond acceptors (Lipinski definition) is 1. The molecule has 1 aliphatic rings. The van der Waals surface area contributed by atoms with Gasteiger partial charge < -0.3 is 10.1 Å². The Labute approximate surface area is 121 Å². The van der Waals surface area contributed by atoms with Gasteiger partial charge in [-0.25, -0.2) is 8.78 Å². The Bertz CT molecular complexity index is 668. The highest BCUT2D eigenvalue weighted by Crippen LogP contribution is 2.38. The molecule has 1 saturated carbocycles. The molecular formula is C16H18F2N2O. The Morgan fingerprint density at radius 2 is 2.05 bits per heavy atom. The summed E-state index contributed by atoms with van der Waals surface area (Å²) >= 11 is 0. The van der Waals surface area contributed by atoms with Crippen LogP contribution in [0.25, 0.3) is 5.52 Å². The highest BCUT2D eigenvalue weighted by molar-refractivity contribution is 6.01. The molecule has 2 heterocycles. The summed E-state index contributed by atoms with van der Waals surface area (Å²) in [5.41, 5.74) is 7.67. The van der Waals surface area contributed by atoms with Crippen LogP contribution in [-0.4, -0.2) is 16.2 Å². The van der Waals surface area contributed by atoms with Crippen LogP contribution in [-0.2, 0) is 6.42 Å². The maximum absolute atomic E-state index is 13.2. The van der Waals surface area contributed by atoms with Crippen LogP contribution >= 0.6 is 0 Å². The van der Waals surface area contributed by atoms with Crippen molar-refractivity contribution >= 4 is 11.4 Å². The molecule has 112 valence electrons. The van der Waals surface area contributed by atoms with Gasteiger partial charge in [0.05, 0.1) is 11.1 Å². The topological polar surface area (TPSA) is 47.5 Å². The van der Waals surface area contributed by atoms with E-state index in [1.54, 1.807) is 0 Å². The summed E-state index contributed by atoms with van der Waals surface area (Å²) in [6.45, 7) is 0. The third kappa shape index (κ3) is 2.77. The summed E-state index contributed by atoms with van der Waals surface area (Å²) in [5.74, 6) is -2.78. The van der Waals surface area contributed by atoms with E-state index in [1.807, 2.05) is 35.0 Å². The molecule has 0 bridgehead atoms. The van der Waals surface area contributed by atoms with Crippen LogP contribution in [0.2, 0.25) is 0 Å². The molecule has 21 heavy (non-hydrogen) atoms. The summed E-state index contributed by atoms with van der Waals surface area (Å²) in [5, 5.41) is 0. The van der Waals surface area contributed by atoms with E-state index in [-0.39, 0.29) is 18.8 Å². The Hall–Kier alpha value is -1.91. The minimum absolute atomic E-state index is 0.0586. The number of aromatic nitrogens is 1. The first kappa shape index (κ1) is 14.0. The monoisotopic (exact) mass is 292 g/mol. The van der Waals surface area contributed by atoms with Crippen molar-refractivity contribution < 1.29 is 13.6 Å². The quantitative estimate of drug-likeness (QED) is 0.926. The molecule has 0 aliphatic heterocycles. The Morgan fingerprint density at radius 3 is 2.71 bits per heavy atom. The second kappa shape index (κ2) is 5.13. The van der Waals surface area contributed by atoms with Gasteiger partial charge in [-0.15, -0.1) is 0 Å². The van der Waals surface area contributed by atoms with E-state index in [1.165, 1.54) is 0 Å². The van der Waals surface area contributed by atoms with E-state index in [4.69, 9.17) is 5.73 Å². The number of alkyl halides is 2. The van der Waals surface area contributed by atoms with Crippen molar-refractivity contribution in [1.29, 1.82) is 0 Å². The van der Waals surface area contributed by atoms with E-state index >= 15 is 0 Å². The van der Waals surface area contributed by atoms with Gasteiger partial charge in [0, 0.05) is 25.2 Å². The predicted octanol–water partition coefficient (Wildman–Crippen LogP) is 3.41. The van der Waals surface area contributed by atoms with Gasteiger partial charge in [-0.3, -0.25) is 4.79 Å². The van der Waals surface area contributed by atoms with Crippen molar-refractivity contribution in [3.05, 3.63) is 41.7 Å². The zero-order valence-corrected chi connectivity index (χ0v) is 11.7. The molecule has 0 spiro atoms. The molecule has 3 nitrogen and oxygen atoms in total. The lowest BCUT2D eigenvalue weighted by Crippen LogP contribution is -2.26. The summed E-state index contributed by atoms with van der Waals surface area (Å²) < 4.78 is 28.3. The van der Waals surface area contributed by atoms with Gasteiger partial charge in [0.25, 0.3) is 5.91 Å². The fourth-order valence-corrected chi connectivity index (χ4v) is 3.23. The van der Waals surface area contributed by atoms with Gasteiger partial charge in [-0.1, -0.05) is 6.07 Å². The van der Waals surface area contributed by atoms with Gasteiger partial charge in [-0.05, 0) is 42.9 Å². The van der Waals surface area contributed by atoms with Crippen LogP contribution in [0, 0.1) is 5.92 Å². The van der Waals surface area contributed by atoms with Crippen molar-refractivity contribution in [3.63, 3.8) is 0 Å². The molecule has 2 aromatic heterocycles. The van der Waals surface area contributed by atoms with E-state index in [0.717, 1.165) is 11.1 Å². The number of hydrogen-bond donors (Lipinski definition) is 1. The number of nitrogens with zero attached hydrogens (tertiary/aromatic N) is 1. The maximum atomic E-state index is 13.2. The molecule has 5 heteroatoms. The summed E-state index contributed by atoms with van der Waals surface area (Å²) in [4.78, 5) is 11.7. The minimum Gasteiger partial charge on any atom is -0.366 e. The molecule has 0 atom stereocenters. The first-order chi connectivity index (χ1) is 9.96. The third-order valence-corrected chi connectivity index (χ3v) is 4.35. The molecule has 1 aliphatic carbocycles. The summed E-state index contributed by atoms with van der Waals surface area (Å²) in [6, 6.07) is 5.58. The van der Waals surface area contributed by atoms with Crippen LogP contribution in [0.5, 0.6) is 0 Å². The van der Waals surface area contributed by atoms with Gasteiger partial charge in [-0.2, -0.15) is 0 Å². The fraction of sp³-hybridized carbons (Fsp3) is 0.438. The SMILES string of the molecule is NC(=O)c1c(CC2CCC(F)(F)CC2)cn2ccccc12. The standard InChI is InChI=1S/C16H18F2N2O/c17-16(18)6-4-11(5-7-16)9-12-10-20-8-2-1-3-13(20)14(12)15(19)21/h1-3,8,10-11H,4-7,9H2,(H2,19,21). The van der Waals surface area contributed by atoms with Crippen molar-refractivity contribution in [3.8, 4) is 0 Å². The lowest BCUT2D eigenvalue weighted by molar-refractivity contribution is -0.0456. The van der Waals surface area contributed by atoms with Crippen LogP contribution in [0.15, 0.2) is 30.6 Å². The second-order valence-electron chi connectivity index (χ2n) is 5.89. The van der Waals surface area contributed by atoms with Gasteiger partial charge >= 0.3 is 0 Å². The van der Waals surface area contributed by atoms with Gasteiger partial charge in [0.1, 0.15) is 0 Å². The van der Waals surface area contributed by atoms with Crippen LogP contribution in [0.1, 0.15) is 41.6 Å². The molecule has 0 aromatic carbocycles. The molecule has 1 fully saturated rings. The van der Waals surface area contributed by atoms with Crippen LogP contribution in [0.3, 0.4) is 0 Å². The average Bonchev–Trinajstić information content (AvgIpc) is 2.79. The first-order valence-corrected chi connectivity index (χ1v) is 7.22. The number of rotatable bonds is 3. The number of pyridine rings is 1. The van der Waals surface area contributed by atoms with E-state index in [0.29, 0.717) is 24.8 Å². The molecule has 0 unspecified atom stereocenters. The van der Waals surface area contributed by atoms with Crippen molar-refractivity contribution in [2.75, 3.05) is 0 Å². The molecule has 0 saturated heterocycles. The van der Waals surface area contributed by atoms with Gasteiger partial charge in [0.15, 0.2) is 0 Å². The Balaban J connectivity index is 1.87. The normalized spacial score (nSPS) is 19.0. The first-order valence-electron chi connectivity index (χ1n) is 7.22. The predicted molar refractivity (Wildman–Crippen MR) is 76.5 cm³/mol. The number of halogens is 2. The molecule has 0 radical (unpaired) electrons. The number of carbonyl (C=O) groups is 1. The van der Waals surface area contributed by atoms with E-state index in [9.17, 15) is 13.6 Å². The highest BCUT2D eigenvalue weighted by Gasteiger charge is 2.35. The number of carbonyl (C=O) groups excluding carboxylic acids is 1. The van der Waals surface area contributed by atoms with Crippen LogP contribution < -0.4 is 5.73 Å². The molecule has 3 rings (SSSR count). The molecule has 2 aromatic rings. The second-order valence-corrected chi connectivity index (χ2v) is 5.89. The largest absolute Gasteiger partial charge is 0.366 e. The molecular weight excluding hydrogens is 274 g/mol. The van der Waals surface area contributed by atoms with Gasteiger partial charge in [0.2, 0.25) is 5.92 Å². The fourth-order valence-electron chi connectivity index (χ4n) is 3.23. The number of nitrogens with two attached hydrogens (primary N) is 1. The number of primary amides is 1. The van der Waals surface area contributed by atoms with E-state index in [2.05, 4.69) is 0 Å². The Kier molecular flexibility index (Phi) is 3.43. The minimum atomic E-state index is -2.52. The zero-order valence-electron chi connectivity index (χ0n) is 11.7. The zero-order chi connectivity index (χ0) is 15.0. The smallest absolute Gasteiger partial charge is 0.251 e. The summed E-state index contributed by atoms with van der Waals surface area (Å²) in [7, 11) is 0. The number of amides is 1. The molecule has 2 N–H and O–H groups in total. The number of fused-ring (bicyclic) bond motifs is 1. The van der Waals surface area contributed by atoms with Crippen molar-refractivity contribution in [2.45, 2.75) is 38.0 Å². The molecule has 1 amide bonds. The lowest BCUT2D eigenvalue weighted by atomic mass is 9.82. The van der Waals surface area contributed by atoms with Crippen LogP contribution in [0.4, 0.5) is 8.78 Å². The Morgan fingerprint density at radius 1 is 1.33 bits per heavy atom. The average molecular weight is 292 g/mol. The van der Waals surface area contributed by atoms with Crippen molar-refractivity contribution in [2.24, 2.45) is 11.7 Å². The highest BCUT2D eigenvalue weighted by atomic mass is 19.3. The van der Waals surface area contributed by atoms with E-state index < -0.39 is 11.8 Å². The third-order valence-electron chi connectivity index (χ3n) is 4.35. The lowest BCUT2D eigenvalue weighted by Gasteiger charge is -2.28.